The van der Waals surface area contributed by atoms with Crippen LogP contribution in [0.3, 0.4) is 0 Å². The molecule has 9 nitrogen and oxygen atoms in total. The predicted molar refractivity (Wildman–Crippen MR) is 184 cm³/mol. The zero-order chi connectivity index (χ0) is 32.6. The number of carbonyl (C=O) groups is 2. The van der Waals surface area contributed by atoms with Crippen LogP contribution in [0.2, 0.25) is 0 Å². The number of hydrogen-bond acceptors (Lipinski definition) is 6. The van der Waals surface area contributed by atoms with Gasteiger partial charge in [0.05, 0.1) is 36.1 Å². The third-order valence-corrected chi connectivity index (χ3v) is 9.11. The number of fused-ring (bicyclic) bond motifs is 2. The average Bonchev–Trinajstić information content (AvgIpc) is 3.86. The molecule has 0 bridgehead atoms. The lowest BCUT2D eigenvalue weighted by Crippen LogP contribution is -2.47. The third kappa shape index (κ3) is 8.99. The molecule has 3 amide bonds. The van der Waals surface area contributed by atoms with Crippen molar-refractivity contribution in [1.29, 1.82) is 0 Å². The molecule has 1 aliphatic heterocycles. The zero-order valence-corrected chi connectivity index (χ0v) is 27.7. The zero-order valence-electron chi connectivity index (χ0n) is 27.7. The van der Waals surface area contributed by atoms with Crippen molar-refractivity contribution in [1.82, 2.24) is 9.80 Å². The second-order valence-electron chi connectivity index (χ2n) is 13.3. The molecule has 0 radical (unpaired) electrons. The largest absolute Gasteiger partial charge is 0.490 e. The molecule has 0 saturated heterocycles. The van der Waals surface area contributed by atoms with E-state index in [9.17, 15) is 14.7 Å². The van der Waals surface area contributed by atoms with Crippen LogP contribution in [0.15, 0.2) is 60.7 Å². The Hall–Kier alpha value is -3.66. The number of aliphatic hydroxyl groups excluding tert-OH is 1. The van der Waals surface area contributed by atoms with Crippen LogP contribution in [0.1, 0.15) is 63.2 Å². The van der Waals surface area contributed by atoms with Gasteiger partial charge in [-0.1, -0.05) is 43.3 Å². The summed E-state index contributed by atoms with van der Waals surface area (Å²) in [7, 11) is 2.15. The first-order chi connectivity index (χ1) is 22.2. The third-order valence-electron chi connectivity index (χ3n) is 9.11. The van der Waals surface area contributed by atoms with Gasteiger partial charge in [0.2, 0.25) is 0 Å². The molecule has 9 heteroatoms. The van der Waals surface area contributed by atoms with Gasteiger partial charge in [-0.25, -0.2) is 4.79 Å². The standard InChI is InChI=1S/C37H50N4O5/c1-25-21-41(26(2)24-42)36(43)32-20-30(38-37(44)39-33-14-9-12-29-11-5-6-13-31(29)33)17-18-34(32)46-27(3)10-7-8-19-45-35(25)23-40(4)22-28-15-16-28/h5-6,9,11-14,17-18,20,25-28,35,42H,7-8,10,15-16,19,21-24H2,1-4H3,(H2,38,39,44)/t25-,26+,27+,35+/m1/s1. The number of nitrogens with zero attached hydrogens (tertiary/aromatic N) is 2. The van der Waals surface area contributed by atoms with Crippen LogP contribution in [0.25, 0.3) is 10.8 Å². The van der Waals surface area contributed by atoms with Gasteiger partial charge >= 0.3 is 6.03 Å². The molecule has 2 aliphatic rings. The minimum absolute atomic E-state index is 0.0265. The highest BCUT2D eigenvalue weighted by atomic mass is 16.5. The molecule has 0 unspecified atom stereocenters. The average molecular weight is 631 g/mol. The van der Waals surface area contributed by atoms with Crippen LogP contribution in [-0.2, 0) is 4.74 Å². The molecule has 3 N–H and O–H groups in total. The van der Waals surface area contributed by atoms with Gasteiger partial charge < -0.3 is 35.0 Å². The van der Waals surface area contributed by atoms with E-state index in [0.29, 0.717) is 35.8 Å². The molecular formula is C37H50N4O5. The SMILES string of the molecule is C[C@@H]1CN([C@@H](C)CO)C(=O)c2cc(NC(=O)Nc3cccc4ccccc34)ccc2O[C@@H](C)CCCCO[C@H]1CN(C)CC1CC1. The van der Waals surface area contributed by atoms with Crippen LogP contribution in [0, 0.1) is 11.8 Å². The lowest BCUT2D eigenvalue weighted by molar-refractivity contribution is -0.0172. The van der Waals surface area contributed by atoms with Gasteiger partial charge in [0.1, 0.15) is 5.75 Å². The van der Waals surface area contributed by atoms with Gasteiger partial charge in [0.15, 0.2) is 0 Å². The number of amides is 3. The second kappa shape index (κ2) is 15.8. The minimum atomic E-state index is -0.427. The maximum atomic E-state index is 14.4. The molecule has 46 heavy (non-hydrogen) atoms. The summed E-state index contributed by atoms with van der Waals surface area (Å²) in [6.07, 6.45) is 5.12. The summed E-state index contributed by atoms with van der Waals surface area (Å²) in [5.74, 6) is 1.02. The molecule has 3 aromatic rings. The molecule has 248 valence electrons. The Bertz CT molecular complexity index is 1470. The van der Waals surface area contributed by atoms with Crippen molar-refractivity contribution >= 4 is 34.1 Å². The van der Waals surface area contributed by atoms with Gasteiger partial charge in [-0.3, -0.25) is 4.79 Å². The van der Waals surface area contributed by atoms with Crippen molar-refractivity contribution in [2.24, 2.45) is 11.8 Å². The molecule has 0 spiro atoms. The Balaban J connectivity index is 1.39. The van der Waals surface area contributed by atoms with Gasteiger partial charge in [-0.2, -0.15) is 0 Å². The van der Waals surface area contributed by atoms with Crippen molar-refractivity contribution in [3.05, 3.63) is 66.2 Å². The Labute approximate surface area is 273 Å². The fraction of sp³-hybridized carbons (Fsp3) is 0.514. The first-order valence-corrected chi connectivity index (χ1v) is 16.8. The lowest BCUT2D eigenvalue weighted by atomic mass is 10.0. The number of urea groups is 1. The summed E-state index contributed by atoms with van der Waals surface area (Å²) < 4.78 is 12.8. The number of aliphatic hydroxyl groups is 1. The number of rotatable bonds is 8. The van der Waals surface area contributed by atoms with Crippen molar-refractivity contribution in [3.8, 4) is 5.75 Å². The van der Waals surface area contributed by atoms with Crippen molar-refractivity contribution in [2.45, 2.75) is 71.1 Å². The molecule has 4 atom stereocenters. The first-order valence-electron chi connectivity index (χ1n) is 16.8. The summed E-state index contributed by atoms with van der Waals surface area (Å²) in [4.78, 5) is 31.6. The van der Waals surface area contributed by atoms with Gasteiger partial charge in [0, 0.05) is 43.2 Å². The van der Waals surface area contributed by atoms with Gasteiger partial charge in [-0.15, -0.1) is 0 Å². The maximum absolute atomic E-state index is 14.4. The predicted octanol–water partition coefficient (Wildman–Crippen LogP) is 6.62. The van der Waals surface area contributed by atoms with Crippen molar-refractivity contribution < 1.29 is 24.2 Å². The number of carbonyl (C=O) groups excluding carboxylic acids is 2. The van der Waals surface area contributed by atoms with E-state index >= 15 is 0 Å². The van der Waals surface area contributed by atoms with E-state index in [4.69, 9.17) is 9.47 Å². The second-order valence-corrected chi connectivity index (χ2v) is 13.3. The fourth-order valence-corrected chi connectivity index (χ4v) is 6.20. The van der Waals surface area contributed by atoms with E-state index in [1.807, 2.05) is 56.3 Å². The molecule has 1 saturated carbocycles. The lowest BCUT2D eigenvalue weighted by Gasteiger charge is -2.36. The van der Waals surface area contributed by atoms with Crippen molar-refractivity contribution in [3.63, 3.8) is 0 Å². The van der Waals surface area contributed by atoms with Crippen LogP contribution in [0.4, 0.5) is 16.2 Å². The van der Waals surface area contributed by atoms with Crippen LogP contribution >= 0.6 is 0 Å². The number of likely N-dealkylation sites (N-methyl/N-ethyl adjacent to an activating group) is 1. The highest BCUT2D eigenvalue weighted by Crippen LogP contribution is 2.31. The molecule has 5 rings (SSSR count). The van der Waals surface area contributed by atoms with E-state index in [-0.39, 0.29) is 30.6 Å². The summed E-state index contributed by atoms with van der Waals surface area (Å²) in [5.41, 5.74) is 1.51. The summed E-state index contributed by atoms with van der Waals surface area (Å²) in [6.45, 7) is 8.75. The number of anilines is 2. The molecule has 1 fully saturated rings. The Morgan fingerprint density at radius 2 is 1.80 bits per heavy atom. The summed E-state index contributed by atoms with van der Waals surface area (Å²) >= 11 is 0. The molecule has 1 heterocycles. The van der Waals surface area contributed by atoms with Crippen LogP contribution in [-0.4, -0.2) is 85.0 Å². The Morgan fingerprint density at radius 3 is 2.59 bits per heavy atom. The Morgan fingerprint density at radius 1 is 1.02 bits per heavy atom. The molecule has 1 aliphatic carbocycles. The van der Waals surface area contributed by atoms with E-state index in [1.54, 1.807) is 23.1 Å². The Kier molecular flexibility index (Phi) is 11.5. The van der Waals surface area contributed by atoms with E-state index in [2.05, 4.69) is 29.5 Å². The number of ether oxygens (including phenoxy) is 2. The van der Waals surface area contributed by atoms with Gasteiger partial charge in [-0.05, 0) is 88.6 Å². The topological polar surface area (TPSA) is 103 Å². The van der Waals surface area contributed by atoms with Crippen LogP contribution < -0.4 is 15.4 Å². The molecule has 0 aromatic heterocycles. The molecule has 3 aromatic carbocycles. The minimum Gasteiger partial charge on any atom is -0.490 e. The monoisotopic (exact) mass is 630 g/mol. The first kappa shape index (κ1) is 33.7. The van der Waals surface area contributed by atoms with E-state index < -0.39 is 12.1 Å². The highest BCUT2D eigenvalue weighted by molar-refractivity contribution is 6.07. The number of nitrogens with one attached hydrogen (secondary N) is 2. The van der Waals surface area contributed by atoms with Crippen LogP contribution in [0.5, 0.6) is 5.75 Å². The summed E-state index contributed by atoms with van der Waals surface area (Å²) in [6, 6.07) is 18.0. The quantitative estimate of drug-likeness (QED) is 0.259. The fourth-order valence-electron chi connectivity index (χ4n) is 6.20. The van der Waals surface area contributed by atoms with Gasteiger partial charge in [0.25, 0.3) is 5.91 Å². The van der Waals surface area contributed by atoms with E-state index in [0.717, 1.165) is 49.0 Å². The van der Waals surface area contributed by atoms with E-state index in [1.165, 1.54) is 12.8 Å². The highest BCUT2D eigenvalue weighted by Gasteiger charge is 2.31. The number of benzene rings is 3. The normalized spacial score (nSPS) is 22.1. The summed E-state index contributed by atoms with van der Waals surface area (Å²) in [5, 5.41) is 18.0. The smallest absolute Gasteiger partial charge is 0.323 e. The van der Waals surface area contributed by atoms with Crippen molar-refractivity contribution in [2.75, 3.05) is 50.5 Å². The number of hydrogen-bond donors (Lipinski definition) is 3. The maximum Gasteiger partial charge on any atom is 0.323 e. The molecular weight excluding hydrogens is 580 g/mol.